The van der Waals surface area contributed by atoms with Crippen LogP contribution in [0.5, 0.6) is 0 Å². The van der Waals surface area contributed by atoms with Crippen LogP contribution >= 0.6 is 0 Å². The molecule has 1 atom stereocenters. The molecule has 0 saturated carbocycles. The minimum Gasteiger partial charge on any atom is -0.385 e. The summed E-state index contributed by atoms with van der Waals surface area (Å²) in [5.41, 5.74) is 0. The summed E-state index contributed by atoms with van der Waals surface area (Å²) < 4.78 is 4.96. The van der Waals surface area contributed by atoms with Gasteiger partial charge in [-0.2, -0.15) is 0 Å². The third-order valence-corrected chi connectivity index (χ3v) is 2.44. The summed E-state index contributed by atoms with van der Waals surface area (Å²) in [4.78, 5) is 11.2. The lowest BCUT2D eigenvalue weighted by Gasteiger charge is -2.17. The number of hydrogen-bond donors (Lipinski definition) is 0. The van der Waals surface area contributed by atoms with Crippen LogP contribution in [0, 0.1) is 11.8 Å². The molecule has 0 aliphatic rings. The number of carbonyl (C=O) groups excluding carboxylic acids is 1. The van der Waals surface area contributed by atoms with Gasteiger partial charge in [-0.05, 0) is 25.7 Å². The van der Waals surface area contributed by atoms with Crippen molar-refractivity contribution in [3.05, 3.63) is 0 Å². The fraction of sp³-hybridized carbons (Fsp3) is 0.909. The molecule has 78 valence electrons. The first kappa shape index (κ1) is 12.6. The van der Waals surface area contributed by atoms with E-state index in [2.05, 4.69) is 13.8 Å². The van der Waals surface area contributed by atoms with Crippen LogP contribution in [0.15, 0.2) is 0 Å². The first-order chi connectivity index (χ1) is 6.09. The van der Waals surface area contributed by atoms with Crippen molar-refractivity contribution in [1.82, 2.24) is 0 Å². The van der Waals surface area contributed by atoms with Gasteiger partial charge >= 0.3 is 0 Å². The van der Waals surface area contributed by atoms with Gasteiger partial charge in [0.15, 0.2) is 0 Å². The van der Waals surface area contributed by atoms with E-state index in [1.807, 2.05) is 0 Å². The van der Waals surface area contributed by atoms with E-state index in [9.17, 15) is 4.79 Å². The van der Waals surface area contributed by atoms with Crippen molar-refractivity contribution in [2.45, 2.75) is 40.0 Å². The molecule has 0 aromatic rings. The van der Waals surface area contributed by atoms with Gasteiger partial charge in [0.2, 0.25) is 0 Å². The van der Waals surface area contributed by atoms with Crippen LogP contribution in [0.3, 0.4) is 0 Å². The molecule has 0 aromatic heterocycles. The molecule has 0 aliphatic carbocycles. The second-order valence-corrected chi connectivity index (χ2v) is 3.95. The predicted octanol–water partition coefficient (Wildman–Crippen LogP) is 2.66. The predicted molar refractivity (Wildman–Crippen MR) is 54.7 cm³/mol. The lowest BCUT2D eigenvalue weighted by Crippen LogP contribution is -2.17. The Morgan fingerprint density at radius 1 is 1.31 bits per heavy atom. The summed E-state index contributed by atoms with van der Waals surface area (Å²) in [6, 6.07) is 0. The molecule has 0 aliphatic heterocycles. The van der Waals surface area contributed by atoms with Crippen LogP contribution in [0.4, 0.5) is 0 Å². The summed E-state index contributed by atoms with van der Waals surface area (Å²) in [5.74, 6) is 1.05. The van der Waals surface area contributed by atoms with Crippen LogP contribution in [0.25, 0.3) is 0 Å². The van der Waals surface area contributed by atoms with Gasteiger partial charge in [-0.15, -0.1) is 0 Å². The molecule has 0 fully saturated rings. The fourth-order valence-electron chi connectivity index (χ4n) is 1.62. The molecule has 13 heavy (non-hydrogen) atoms. The largest absolute Gasteiger partial charge is 0.385 e. The van der Waals surface area contributed by atoms with E-state index < -0.39 is 0 Å². The number of Topliss-reactive ketones (excluding diaryl/α,β-unsaturated/α-hetero) is 1. The normalized spacial score (nSPS) is 13.3. The number of unbranched alkanes of at least 4 members (excludes halogenated alkanes) is 1. The number of rotatable bonds is 7. The molecule has 2 heteroatoms. The number of carbonyl (C=O) groups is 1. The quantitative estimate of drug-likeness (QED) is 0.571. The molecule has 0 rings (SSSR count). The van der Waals surface area contributed by atoms with Gasteiger partial charge in [-0.1, -0.05) is 20.3 Å². The molecule has 1 unspecified atom stereocenters. The molecular formula is C11H22O2. The highest BCUT2D eigenvalue weighted by atomic mass is 16.5. The second kappa shape index (κ2) is 7.07. The Morgan fingerprint density at radius 2 is 1.92 bits per heavy atom. The zero-order valence-corrected chi connectivity index (χ0v) is 9.30. The van der Waals surface area contributed by atoms with Gasteiger partial charge in [-0.25, -0.2) is 0 Å². The molecule has 0 radical (unpaired) electrons. The maximum absolute atomic E-state index is 11.2. The van der Waals surface area contributed by atoms with Gasteiger partial charge in [0, 0.05) is 19.6 Å². The maximum atomic E-state index is 11.2. The molecule has 0 spiro atoms. The SMILES string of the molecule is COCCCCC(C(C)=O)C(C)C. The molecule has 0 heterocycles. The van der Waals surface area contributed by atoms with Crippen molar-refractivity contribution in [3.8, 4) is 0 Å². The minimum absolute atomic E-state index is 0.247. The molecule has 0 aromatic carbocycles. The first-order valence-corrected chi connectivity index (χ1v) is 5.09. The second-order valence-electron chi connectivity index (χ2n) is 3.95. The molecule has 0 bridgehead atoms. The highest BCUT2D eigenvalue weighted by molar-refractivity contribution is 5.78. The third kappa shape index (κ3) is 5.81. The highest BCUT2D eigenvalue weighted by Gasteiger charge is 2.17. The fourth-order valence-corrected chi connectivity index (χ4v) is 1.62. The van der Waals surface area contributed by atoms with E-state index in [-0.39, 0.29) is 5.92 Å². The summed E-state index contributed by atoms with van der Waals surface area (Å²) in [5, 5.41) is 0. The molecule has 0 N–H and O–H groups in total. The summed E-state index contributed by atoms with van der Waals surface area (Å²) in [6.07, 6.45) is 3.17. The average molecular weight is 186 g/mol. The van der Waals surface area contributed by atoms with Gasteiger partial charge in [0.1, 0.15) is 5.78 Å². The average Bonchev–Trinajstić information content (AvgIpc) is 2.02. The molecular weight excluding hydrogens is 164 g/mol. The van der Waals surface area contributed by atoms with E-state index in [0.29, 0.717) is 11.7 Å². The standard InChI is InChI=1S/C11H22O2/c1-9(2)11(10(3)12)7-5-6-8-13-4/h9,11H,5-8H2,1-4H3. The van der Waals surface area contributed by atoms with Crippen LogP contribution in [-0.4, -0.2) is 19.5 Å². The van der Waals surface area contributed by atoms with Crippen molar-refractivity contribution in [1.29, 1.82) is 0 Å². The van der Waals surface area contributed by atoms with Crippen LogP contribution in [-0.2, 0) is 9.53 Å². The van der Waals surface area contributed by atoms with Crippen LogP contribution < -0.4 is 0 Å². The Hall–Kier alpha value is -0.370. The molecule has 0 amide bonds. The number of methoxy groups -OCH3 is 1. The van der Waals surface area contributed by atoms with E-state index in [0.717, 1.165) is 25.9 Å². The Morgan fingerprint density at radius 3 is 2.31 bits per heavy atom. The smallest absolute Gasteiger partial charge is 0.133 e. The van der Waals surface area contributed by atoms with Crippen molar-refractivity contribution in [3.63, 3.8) is 0 Å². The van der Waals surface area contributed by atoms with Crippen LogP contribution in [0.1, 0.15) is 40.0 Å². The van der Waals surface area contributed by atoms with Gasteiger partial charge in [0.25, 0.3) is 0 Å². The zero-order chi connectivity index (χ0) is 10.3. The highest BCUT2D eigenvalue weighted by Crippen LogP contribution is 2.18. The molecule has 0 saturated heterocycles. The van der Waals surface area contributed by atoms with Gasteiger partial charge < -0.3 is 4.74 Å². The Balaban J connectivity index is 3.64. The van der Waals surface area contributed by atoms with Crippen molar-refractivity contribution in [2.24, 2.45) is 11.8 Å². The maximum Gasteiger partial charge on any atom is 0.133 e. The summed E-state index contributed by atoms with van der Waals surface area (Å²) >= 11 is 0. The topological polar surface area (TPSA) is 26.3 Å². The van der Waals surface area contributed by atoms with E-state index in [4.69, 9.17) is 4.74 Å². The monoisotopic (exact) mass is 186 g/mol. The Labute approximate surface area is 81.7 Å². The van der Waals surface area contributed by atoms with Gasteiger partial charge in [-0.3, -0.25) is 4.79 Å². The van der Waals surface area contributed by atoms with Crippen molar-refractivity contribution >= 4 is 5.78 Å². The summed E-state index contributed by atoms with van der Waals surface area (Å²) in [6.45, 7) is 6.73. The lowest BCUT2D eigenvalue weighted by molar-refractivity contribution is -0.122. The molecule has 2 nitrogen and oxygen atoms in total. The number of hydrogen-bond acceptors (Lipinski definition) is 2. The number of ketones is 1. The van der Waals surface area contributed by atoms with E-state index in [1.54, 1.807) is 14.0 Å². The first-order valence-electron chi connectivity index (χ1n) is 5.09. The minimum atomic E-state index is 0.247. The summed E-state index contributed by atoms with van der Waals surface area (Å²) in [7, 11) is 1.71. The van der Waals surface area contributed by atoms with Gasteiger partial charge in [0.05, 0.1) is 0 Å². The van der Waals surface area contributed by atoms with Crippen LogP contribution in [0.2, 0.25) is 0 Å². The third-order valence-electron chi connectivity index (χ3n) is 2.44. The Kier molecular flexibility index (Phi) is 6.87. The van der Waals surface area contributed by atoms with Crippen molar-refractivity contribution < 1.29 is 9.53 Å². The van der Waals surface area contributed by atoms with E-state index in [1.165, 1.54) is 0 Å². The zero-order valence-electron chi connectivity index (χ0n) is 9.30. The lowest BCUT2D eigenvalue weighted by atomic mass is 9.87. The Bertz CT molecular complexity index is 141. The van der Waals surface area contributed by atoms with E-state index >= 15 is 0 Å². The number of ether oxygens (including phenoxy) is 1. The van der Waals surface area contributed by atoms with Crippen molar-refractivity contribution in [2.75, 3.05) is 13.7 Å².